The molecule has 1 spiro atoms. The van der Waals surface area contributed by atoms with Crippen molar-refractivity contribution >= 4 is 0 Å². The van der Waals surface area contributed by atoms with Crippen LogP contribution in [0.25, 0.3) is 0 Å². The fourth-order valence-corrected chi connectivity index (χ4v) is 4.07. The van der Waals surface area contributed by atoms with Crippen molar-refractivity contribution in [2.75, 3.05) is 13.6 Å². The zero-order valence-electron chi connectivity index (χ0n) is 12.1. The zero-order valence-corrected chi connectivity index (χ0v) is 12.1. The highest BCUT2D eigenvalue weighted by molar-refractivity contribution is 5.57. The highest BCUT2D eigenvalue weighted by Crippen LogP contribution is 2.53. The quantitative estimate of drug-likeness (QED) is 0.734. The molecule has 0 amide bonds. The van der Waals surface area contributed by atoms with Crippen LogP contribution in [0.4, 0.5) is 0 Å². The molecule has 0 fully saturated rings. The van der Waals surface area contributed by atoms with E-state index in [2.05, 4.69) is 37.1 Å². The maximum absolute atomic E-state index is 9.95. The molecule has 2 aliphatic heterocycles. The summed E-state index contributed by atoms with van der Waals surface area (Å²) < 4.78 is 6.29. The lowest BCUT2D eigenvalue weighted by molar-refractivity contribution is 0.0833. The van der Waals surface area contributed by atoms with Gasteiger partial charge in [0.05, 0.1) is 11.5 Å². The molecule has 1 aromatic rings. The third-order valence-corrected chi connectivity index (χ3v) is 5.16. The number of aliphatic hydroxyl groups is 1. The first-order chi connectivity index (χ1) is 9.60. The average molecular weight is 271 g/mol. The molecule has 2 heterocycles. The summed E-state index contributed by atoms with van der Waals surface area (Å²) in [7, 11) is 2.18. The van der Waals surface area contributed by atoms with Crippen LogP contribution in [0.2, 0.25) is 0 Å². The summed E-state index contributed by atoms with van der Waals surface area (Å²) in [4.78, 5) is 2.38. The molecule has 3 heteroatoms. The van der Waals surface area contributed by atoms with E-state index in [0.717, 1.165) is 25.3 Å². The molecule has 3 aliphatic rings. The lowest BCUT2D eigenvalue weighted by atomic mass is 9.69. The number of benzene rings is 1. The Balaban J connectivity index is 1.96. The van der Waals surface area contributed by atoms with Gasteiger partial charge in [0.1, 0.15) is 11.9 Å². The molecule has 106 valence electrons. The van der Waals surface area contributed by atoms with Crippen LogP contribution in [0.1, 0.15) is 29.5 Å². The molecule has 0 saturated heterocycles. The number of aliphatic hydroxyl groups excluding tert-OH is 1. The van der Waals surface area contributed by atoms with Crippen molar-refractivity contribution in [3.63, 3.8) is 0 Å². The van der Waals surface area contributed by atoms with E-state index in [4.69, 9.17) is 4.74 Å². The van der Waals surface area contributed by atoms with Gasteiger partial charge in [0.2, 0.25) is 0 Å². The molecule has 0 saturated carbocycles. The molecule has 3 atom stereocenters. The first-order valence-corrected chi connectivity index (χ1v) is 7.46. The monoisotopic (exact) mass is 271 g/mol. The number of nitrogens with zero attached hydrogens (tertiary/aromatic N) is 1. The van der Waals surface area contributed by atoms with Gasteiger partial charge in [0, 0.05) is 18.5 Å². The first-order valence-electron chi connectivity index (χ1n) is 7.46. The topological polar surface area (TPSA) is 32.7 Å². The molecular formula is C17H21NO2. The highest BCUT2D eigenvalue weighted by Gasteiger charge is 2.51. The lowest BCUT2D eigenvalue weighted by Gasteiger charge is -2.35. The van der Waals surface area contributed by atoms with Crippen LogP contribution in [0.5, 0.6) is 5.75 Å². The number of hydrogen-bond donors (Lipinski definition) is 1. The van der Waals surface area contributed by atoms with E-state index in [9.17, 15) is 5.11 Å². The third kappa shape index (κ3) is 1.54. The molecular weight excluding hydrogens is 250 g/mol. The van der Waals surface area contributed by atoms with E-state index < -0.39 is 0 Å². The summed E-state index contributed by atoms with van der Waals surface area (Å²) in [6.07, 6.45) is 5.68. The Morgan fingerprint density at radius 2 is 2.25 bits per heavy atom. The smallest absolute Gasteiger partial charge is 0.127 e. The van der Waals surface area contributed by atoms with E-state index >= 15 is 0 Å². The third-order valence-electron chi connectivity index (χ3n) is 5.16. The maximum Gasteiger partial charge on any atom is 0.127 e. The second kappa shape index (κ2) is 4.09. The van der Waals surface area contributed by atoms with Crippen molar-refractivity contribution in [3.05, 3.63) is 41.0 Å². The molecule has 1 aromatic carbocycles. The van der Waals surface area contributed by atoms with Crippen molar-refractivity contribution < 1.29 is 9.84 Å². The van der Waals surface area contributed by atoms with Crippen LogP contribution in [-0.2, 0) is 12.0 Å². The Hall–Kier alpha value is -1.32. The molecule has 4 rings (SSSR count). The first kappa shape index (κ1) is 12.4. The fourth-order valence-electron chi connectivity index (χ4n) is 4.07. The summed E-state index contributed by atoms with van der Waals surface area (Å²) in [6.45, 7) is 4.17. The molecule has 1 aliphatic carbocycles. The summed E-state index contributed by atoms with van der Waals surface area (Å²) in [5.41, 5.74) is 3.95. The van der Waals surface area contributed by atoms with Gasteiger partial charge in [0.15, 0.2) is 0 Å². The van der Waals surface area contributed by atoms with Gasteiger partial charge in [-0.2, -0.15) is 0 Å². The Bertz CT molecular complexity index is 595. The maximum atomic E-state index is 9.95. The largest absolute Gasteiger partial charge is 0.488 e. The molecule has 0 bridgehead atoms. The number of ether oxygens (including phenoxy) is 1. The van der Waals surface area contributed by atoms with Gasteiger partial charge in [-0.15, -0.1) is 0 Å². The minimum atomic E-state index is -0.371. The molecule has 0 aromatic heterocycles. The Kier molecular flexibility index (Phi) is 2.54. The van der Waals surface area contributed by atoms with Crippen molar-refractivity contribution in [1.29, 1.82) is 0 Å². The zero-order chi connectivity index (χ0) is 13.9. The van der Waals surface area contributed by atoms with Gasteiger partial charge in [-0.05, 0) is 38.1 Å². The van der Waals surface area contributed by atoms with Gasteiger partial charge < -0.3 is 14.7 Å². The average Bonchev–Trinajstić information content (AvgIpc) is 2.68. The standard InChI is InChI=1S/C17H21NO2/c1-11-3-4-12-10-18(2)8-7-17-6-5-13(19)9-14(17)20-16(11)15(12)17/h3-6,13-14,19H,7-10H2,1-2H3. The van der Waals surface area contributed by atoms with E-state index in [1.807, 2.05) is 6.08 Å². The van der Waals surface area contributed by atoms with Gasteiger partial charge in [-0.3, -0.25) is 0 Å². The van der Waals surface area contributed by atoms with Gasteiger partial charge in [-0.25, -0.2) is 0 Å². The molecule has 3 nitrogen and oxygen atoms in total. The van der Waals surface area contributed by atoms with Crippen LogP contribution >= 0.6 is 0 Å². The van der Waals surface area contributed by atoms with Crippen molar-refractivity contribution in [2.45, 2.75) is 43.9 Å². The van der Waals surface area contributed by atoms with Gasteiger partial charge >= 0.3 is 0 Å². The van der Waals surface area contributed by atoms with E-state index in [1.54, 1.807) is 0 Å². The minimum absolute atomic E-state index is 0.0271. The molecule has 20 heavy (non-hydrogen) atoms. The predicted molar refractivity (Wildman–Crippen MR) is 78.0 cm³/mol. The Labute approximate surface area is 119 Å². The van der Waals surface area contributed by atoms with Crippen LogP contribution in [0, 0.1) is 6.92 Å². The summed E-state index contributed by atoms with van der Waals surface area (Å²) >= 11 is 0. The molecule has 1 N–H and O–H groups in total. The summed E-state index contributed by atoms with van der Waals surface area (Å²) in [5, 5.41) is 9.95. The fraction of sp³-hybridized carbons (Fsp3) is 0.529. The second-order valence-corrected chi connectivity index (χ2v) is 6.54. The Morgan fingerprint density at radius 3 is 3.10 bits per heavy atom. The SMILES string of the molecule is Cc1ccc2c3c1OC1CC(O)C=CC31CCN(C)C2. The van der Waals surface area contributed by atoms with Crippen LogP contribution in [0.3, 0.4) is 0 Å². The van der Waals surface area contributed by atoms with Crippen LogP contribution < -0.4 is 4.74 Å². The normalized spacial score (nSPS) is 35.1. The highest BCUT2D eigenvalue weighted by atomic mass is 16.5. The number of hydrogen-bond acceptors (Lipinski definition) is 3. The minimum Gasteiger partial charge on any atom is -0.488 e. The van der Waals surface area contributed by atoms with E-state index in [1.165, 1.54) is 16.7 Å². The second-order valence-electron chi connectivity index (χ2n) is 6.54. The van der Waals surface area contributed by atoms with E-state index in [0.29, 0.717) is 6.42 Å². The molecule has 3 unspecified atom stereocenters. The Morgan fingerprint density at radius 1 is 1.40 bits per heavy atom. The van der Waals surface area contributed by atoms with Crippen molar-refractivity contribution in [2.24, 2.45) is 0 Å². The lowest BCUT2D eigenvalue weighted by Crippen LogP contribution is -2.42. The summed E-state index contributed by atoms with van der Waals surface area (Å²) in [5.74, 6) is 1.07. The van der Waals surface area contributed by atoms with Crippen molar-refractivity contribution in [3.8, 4) is 5.75 Å². The molecule has 0 radical (unpaired) electrons. The van der Waals surface area contributed by atoms with Crippen LogP contribution in [0.15, 0.2) is 24.3 Å². The van der Waals surface area contributed by atoms with E-state index in [-0.39, 0.29) is 17.6 Å². The van der Waals surface area contributed by atoms with Gasteiger partial charge in [-0.1, -0.05) is 24.3 Å². The van der Waals surface area contributed by atoms with Crippen LogP contribution in [-0.4, -0.2) is 35.8 Å². The number of rotatable bonds is 0. The number of aryl methyl sites for hydroxylation is 1. The summed E-state index contributed by atoms with van der Waals surface area (Å²) in [6, 6.07) is 4.42. The van der Waals surface area contributed by atoms with Gasteiger partial charge in [0.25, 0.3) is 0 Å². The van der Waals surface area contributed by atoms with Crippen molar-refractivity contribution in [1.82, 2.24) is 4.90 Å². The predicted octanol–water partition coefficient (Wildman–Crippen LogP) is 2.15.